The first-order valence-electron chi connectivity index (χ1n) is 9.78. The summed E-state index contributed by atoms with van der Waals surface area (Å²) in [4.78, 5) is 7.04. The van der Waals surface area contributed by atoms with Crippen LogP contribution >= 0.6 is 0 Å². The van der Waals surface area contributed by atoms with E-state index in [9.17, 15) is 5.11 Å². The van der Waals surface area contributed by atoms with Crippen LogP contribution in [-0.4, -0.2) is 48.2 Å². The van der Waals surface area contributed by atoms with Crippen molar-refractivity contribution in [2.45, 2.75) is 38.5 Å². The molecular weight excluding hydrogens is 340 g/mol. The summed E-state index contributed by atoms with van der Waals surface area (Å²) in [6.45, 7) is 6.04. The summed E-state index contributed by atoms with van der Waals surface area (Å²) < 4.78 is 5.23. The van der Waals surface area contributed by atoms with Crippen molar-refractivity contribution >= 4 is 5.96 Å². The Hall–Kier alpha value is -2.31. The summed E-state index contributed by atoms with van der Waals surface area (Å²) >= 11 is 0. The molecule has 0 radical (unpaired) electrons. The van der Waals surface area contributed by atoms with E-state index in [0.717, 1.165) is 32.1 Å². The van der Waals surface area contributed by atoms with E-state index in [1.165, 1.54) is 18.4 Å². The van der Waals surface area contributed by atoms with E-state index in [1.54, 1.807) is 18.4 Å². The van der Waals surface area contributed by atoms with Gasteiger partial charge in [0, 0.05) is 25.7 Å². The number of hydrogen-bond donors (Lipinski definition) is 3. The van der Waals surface area contributed by atoms with E-state index in [1.807, 2.05) is 6.92 Å². The number of aliphatic imine (C=N–C) groups is 1. The van der Waals surface area contributed by atoms with Gasteiger partial charge in [-0.05, 0) is 44.0 Å². The van der Waals surface area contributed by atoms with E-state index in [2.05, 4.69) is 50.9 Å². The third-order valence-electron chi connectivity index (χ3n) is 4.87. The zero-order chi connectivity index (χ0) is 18.9. The number of nitrogens with one attached hydrogen (secondary N) is 2. The maximum Gasteiger partial charge on any atom is 0.191 e. The van der Waals surface area contributed by atoms with Gasteiger partial charge in [-0.1, -0.05) is 30.3 Å². The monoisotopic (exact) mass is 370 g/mol. The SMILES string of the molecule is CCNC(=NCC(O)c1ccco1)NCC1CCCN1Cc1ccccc1. The van der Waals surface area contributed by atoms with Gasteiger partial charge < -0.3 is 20.2 Å². The number of likely N-dealkylation sites (tertiary alicyclic amines) is 1. The minimum absolute atomic E-state index is 0.265. The van der Waals surface area contributed by atoms with Gasteiger partial charge in [-0.2, -0.15) is 0 Å². The molecule has 1 aliphatic rings. The highest BCUT2D eigenvalue weighted by atomic mass is 16.4. The third-order valence-corrected chi connectivity index (χ3v) is 4.87. The highest BCUT2D eigenvalue weighted by Gasteiger charge is 2.24. The number of hydrogen-bond acceptors (Lipinski definition) is 4. The molecule has 0 aliphatic carbocycles. The Morgan fingerprint density at radius 1 is 1.26 bits per heavy atom. The normalized spacial score (nSPS) is 19.2. The third kappa shape index (κ3) is 5.84. The molecule has 0 spiro atoms. The van der Waals surface area contributed by atoms with Crippen molar-refractivity contribution in [3.63, 3.8) is 0 Å². The Morgan fingerprint density at radius 2 is 2.11 bits per heavy atom. The summed E-state index contributed by atoms with van der Waals surface area (Å²) in [7, 11) is 0. The largest absolute Gasteiger partial charge is 0.467 e. The van der Waals surface area contributed by atoms with Crippen LogP contribution < -0.4 is 10.6 Å². The second-order valence-corrected chi connectivity index (χ2v) is 6.88. The first-order chi connectivity index (χ1) is 13.3. The Labute approximate surface area is 161 Å². The Morgan fingerprint density at radius 3 is 2.85 bits per heavy atom. The summed E-state index contributed by atoms with van der Waals surface area (Å²) in [6, 6.07) is 14.6. The number of aliphatic hydroxyl groups is 1. The minimum atomic E-state index is -0.725. The summed E-state index contributed by atoms with van der Waals surface area (Å²) in [5, 5.41) is 16.8. The lowest BCUT2D eigenvalue weighted by Crippen LogP contribution is -2.44. The molecule has 6 heteroatoms. The standard InChI is InChI=1S/C21H30N4O2/c1-2-22-21(24-15-19(26)20-11-7-13-27-20)23-14-18-10-6-12-25(18)16-17-8-4-3-5-9-17/h3-5,7-9,11,13,18-19,26H,2,6,10,12,14-16H2,1H3,(H2,22,23,24). The fourth-order valence-corrected chi connectivity index (χ4v) is 3.46. The molecule has 2 atom stereocenters. The molecule has 2 unspecified atom stereocenters. The molecule has 1 aromatic heterocycles. The molecule has 3 N–H and O–H groups in total. The molecule has 1 saturated heterocycles. The van der Waals surface area contributed by atoms with E-state index in [0.29, 0.717) is 11.8 Å². The number of furan rings is 1. The van der Waals surface area contributed by atoms with Crippen LogP contribution in [0.4, 0.5) is 0 Å². The van der Waals surface area contributed by atoms with Crippen LogP contribution in [0.5, 0.6) is 0 Å². The molecular formula is C21H30N4O2. The minimum Gasteiger partial charge on any atom is -0.467 e. The van der Waals surface area contributed by atoms with Crippen molar-refractivity contribution in [2.24, 2.45) is 4.99 Å². The lowest BCUT2D eigenvalue weighted by atomic mass is 10.2. The molecule has 2 aromatic rings. The van der Waals surface area contributed by atoms with E-state index in [-0.39, 0.29) is 6.54 Å². The van der Waals surface area contributed by atoms with Gasteiger partial charge in [0.05, 0.1) is 12.8 Å². The van der Waals surface area contributed by atoms with Crippen LogP contribution in [0.2, 0.25) is 0 Å². The van der Waals surface area contributed by atoms with Crippen molar-refractivity contribution < 1.29 is 9.52 Å². The van der Waals surface area contributed by atoms with Crippen LogP contribution in [-0.2, 0) is 6.54 Å². The van der Waals surface area contributed by atoms with Gasteiger partial charge in [-0.15, -0.1) is 0 Å². The highest BCUT2D eigenvalue weighted by Crippen LogP contribution is 2.19. The van der Waals surface area contributed by atoms with E-state index >= 15 is 0 Å². The molecule has 3 rings (SSSR count). The summed E-state index contributed by atoms with van der Waals surface area (Å²) in [5.74, 6) is 1.27. The second kappa shape index (κ2) is 10.1. The van der Waals surface area contributed by atoms with Crippen LogP contribution in [0, 0.1) is 0 Å². The second-order valence-electron chi connectivity index (χ2n) is 6.88. The summed E-state index contributed by atoms with van der Waals surface area (Å²) in [5.41, 5.74) is 1.35. The molecule has 1 aliphatic heterocycles. The number of guanidine groups is 1. The molecule has 27 heavy (non-hydrogen) atoms. The lowest BCUT2D eigenvalue weighted by Gasteiger charge is -2.25. The highest BCUT2D eigenvalue weighted by molar-refractivity contribution is 5.79. The number of rotatable bonds is 8. The Kier molecular flexibility index (Phi) is 7.30. The average molecular weight is 370 g/mol. The molecule has 6 nitrogen and oxygen atoms in total. The topological polar surface area (TPSA) is 73.0 Å². The lowest BCUT2D eigenvalue weighted by molar-refractivity contribution is 0.158. The first-order valence-corrected chi connectivity index (χ1v) is 9.78. The molecule has 0 bridgehead atoms. The van der Waals surface area contributed by atoms with Crippen LogP contribution in [0.3, 0.4) is 0 Å². The van der Waals surface area contributed by atoms with Crippen LogP contribution in [0.1, 0.15) is 37.2 Å². The fourth-order valence-electron chi connectivity index (χ4n) is 3.46. The smallest absolute Gasteiger partial charge is 0.191 e. The average Bonchev–Trinajstić information content (AvgIpc) is 3.37. The summed E-state index contributed by atoms with van der Waals surface area (Å²) in [6.07, 6.45) is 3.25. The van der Waals surface area contributed by atoms with Crippen molar-refractivity contribution in [1.82, 2.24) is 15.5 Å². The number of aliphatic hydroxyl groups excluding tert-OH is 1. The van der Waals surface area contributed by atoms with Crippen LogP contribution in [0.25, 0.3) is 0 Å². The maximum absolute atomic E-state index is 10.1. The van der Waals surface area contributed by atoms with Crippen molar-refractivity contribution in [3.05, 3.63) is 60.1 Å². The zero-order valence-electron chi connectivity index (χ0n) is 16.0. The molecule has 1 fully saturated rings. The van der Waals surface area contributed by atoms with E-state index in [4.69, 9.17) is 4.42 Å². The van der Waals surface area contributed by atoms with Gasteiger partial charge in [0.1, 0.15) is 11.9 Å². The number of benzene rings is 1. The quantitative estimate of drug-likeness (QED) is 0.492. The maximum atomic E-state index is 10.1. The molecule has 0 amide bonds. The van der Waals surface area contributed by atoms with Crippen molar-refractivity contribution in [1.29, 1.82) is 0 Å². The predicted octanol–water partition coefficient (Wildman–Crippen LogP) is 2.53. The van der Waals surface area contributed by atoms with Gasteiger partial charge in [0.15, 0.2) is 5.96 Å². The van der Waals surface area contributed by atoms with Crippen molar-refractivity contribution in [3.8, 4) is 0 Å². The molecule has 0 saturated carbocycles. The first kappa shape index (κ1) is 19.5. The molecule has 2 heterocycles. The van der Waals surface area contributed by atoms with Gasteiger partial charge in [0.25, 0.3) is 0 Å². The van der Waals surface area contributed by atoms with Gasteiger partial charge in [0.2, 0.25) is 0 Å². The predicted molar refractivity (Wildman–Crippen MR) is 108 cm³/mol. The molecule has 146 valence electrons. The van der Waals surface area contributed by atoms with Gasteiger partial charge in [-0.3, -0.25) is 9.89 Å². The Balaban J connectivity index is 1.52. The fraction of sp³-hybridized carbons (Fsp3) is 0.476. The molecule has 1 aromatic carbocycles. The number of nitrogens with zero attached hydrogens (tertiary/aromatic N) is 2. The van der Waals surface area contributed by atoms with Gasteiger partial charge >= 0.3 is 0 Å². The van der Waals surface area contributed by atoms with Crippen molar-refractivity contribution in [2.75, 3.05) is 26.2 Å². The zero-order valence-corrected chi connectivity index (χ0v) is 16.0. The Bertz CT molecular complexity index is 687. The van der Waals surface area contributed by atoms with E-state index < -0.39 is 6.10 Å². The van der Waals surface area contributed by atoms with Crippen LogP contribution in [0.15, 0.2) is 58.1 Å². The van der Waals surface area contributed by atoms with Gasteiger partial charge in [-0.25, -0.2) is 0 Å².